The molecule has 0 atom stereocenters. The van der Waals surface area contributed by atoms with E-state index < -0.39 is 0 Å². The van der Waals surface area contributed by atoms with E-state index in [0.717, 1.165) is 11.3 Å². The minimum Gasteiger partial charge on any atom is -0.362 e. The third kappa shape index (κ3) is 3.80. The average molecular weight is 316 g/mol. The molecule has 0 radical (unpaired) electrons. The lowest BCUT2D eigenvalue weighted by Gasteiger charge is -1.99. The molecule has 0 aliphatic carbocycles. The summed E-state index contributed by atoms with van der Waals surface area (Å²) in [7, 11) is 0. The second-order valence-corrected chi connectivity index (χ2v) is 5.87. The summed E-state index contributed by atoms with van der Waals surface area (Å²) in [5.41, 5.74) is 1.05. The number of nitrogens with one attached hydrogen (secondary N) is 1. The molecule has 0 spiro atoms. The minimum atomic E-state index is -0.315. The monoisotopic (exact) mass is 315 g/mol. The number of halogens is 3. The van der Waals surface area contributed by atoms with Gasteiger partial charge in [-0.25, -0.2) is 4.39 Å². The molecule has 6 heteroatoms. The lowest BCUT2D eigenvalue weighted by Crippen LogP contribution is -1.95. The van der Waals surface area contributed by atoms with Crippen LogP contribution in [0.1, 0.15) is 10.4 Å². The first-order valence-corrected chi connectivity index (χ1v) is 6.81. The molecule has 0 aliphatic rings. The Morgan fingerprint density at radius 1 is 1.26 bits per heavy atom. The molecule has 2 aromatic rings. The third-order valence-electron chi connectivity index (χ3n) is 2.25. The summed E-state index contributed by atoms with van der Waals surface area (Å²) in [6.45, 7) is 0. The zero-order valence-electron chi connectivity index (χ0n) is 9.49. The molecule has 0 unspecified atom stereocenters. The van der Waals surface area contributed by atoms with Crippen LogP contribution < -0.4 is 5.32 Å². The van der Waals surface area contributed by atoms with Crippen LogP contribution in [-0.4, -0.2) is 5.78 Å². The summed E-state index contributed by atoms with van der Waals surface area (Å²) in [5.74, 6) is -0.562. The van der Waals surface area contributed by atoms with Crippen molar-refractivity contribution in [3.05, 3.63) is 62.7 Å². The molecule has 2 nitrogen and oxygen atoms in total. The Labute approximate surface area is 123 Å². The molecular weight excluding hydrogens is 308 g/mol. The minimum absolute atomic E-state index is 0.247. The number of allylic oxidation sites excluding steroid dienone is 1. The van der Waals surface area contributed by atoms with Gasteiger partial charge in [-0.1, -0.05) is 23.2 Å². The zero-order valence-corrected chi connectivity index (χ0v) is 11.8. The van der Waals surface area contributed by atoms with Crippen LogP contribution >= 0.6 is 34.5 Å². The lowest BCUT2D eigenvalue weighted by molar-refractivity contribution is 0.104. The van der Waals surface area contributed by atoms with Crippen LogP contribution in [0.4, 0.5) is 10.1 Å². The molecule has 1 aromatic heterocycles. The standard InChI is InChI=1S/C13H8Cl2FNOS/c14-12-7-10(13(15)19-12)11(18)5-6-17-9-3-1-8(16)2-4-9/h1-7,17H/b6-5+. The third-order valence-corrected chi connectivity index (χ3v) is 3.74. The van der Waals surface area contributed by atoms with Gasteiger partial charge in [0, 0.05) is 18.0 Å². The van der Waals surface area contributed by atoms with Gasteiger partial charge in [-0.3, -0.25) is 4.79 Å². The Morgan fingerprint density at radius 2 is 1.95 bits per heavy atom. The van der Waals surface area contributed by atoms with Crippen molar-refractivity contribution < 1.29 is 9.18 Å². The summed E-state index contributed by atoms with van der Waals surface area (Å²) < 4.78 is 13.5. The topological polar surface area (TPSA) is 29.1 Å². The van der Waals surface area contributed by atoms with Crippen LogP contribution in [0.25, 0.3) is 0 Å². The van der Waals surface area contributed by atoms with Gasteiger partial charge in [0.2, 0.25) is 0 Å². The fourth-order valence-corrected chi connectivity index (χ4v) is 2.83. The molecule has 1 aromatic carbocycles. The maximum absolute atomic E-state index is 12.7. The van der Waals surface area contributed by atoms with Crippen LogP contribution in [0, 0.1) is 5.82 Å². The number of thiophene rings is 1. The number of anilines is 1. The first-order chi connectivity index (χ1) is 9.06. The van der Waals surface area contributed by atoms with E-state index in [9.17, 15) is 9.18 Å². The Bertz CT molecular complexity index is 622. The zero-order chi connectivity index (χ0) is 13.8. The SMILES string of the molecule is O=C(/C=C/Nc1ccc(F)cc1)c1cc(Cl)sc1Cl. The van der Waals surface area contributed by atoms with Crippen molar-refractivity contribution >= 4 is 46.0 Å². The number of hydrogen-bond donors (Lipinski definition) is 1. The molecule has 2 rings (SSSR count). The van der Waals surface area contributed by atoms with Crippen molar-refractivity contribution in [1.29, 1.82) is 0 Å². The summed E-state index contributed by atoms with van der Waals surface area (Å²) in [6, 6.07) is 7.32. The highest BCUT2D eigenvalue weighted by Crippen LogP contribution is 2.31. The predicted molar refractivity (Wildman–Crippen MR) is 77.8 cm³/mol. The van der Waals surface area contributed by atoms with E-state index in [2.05, 4.69) is 5.32 Å². The fraction of sp³-hybridized carbons (Fsp3) is 0. The van der Waals surface area contributed by atoms with Crippen LogP contribution in [0.3, 0.4) is 0 Å². The van der Waals surface area contributed by atoms with Gasteiger partial charge in [0.05, 0.1) is 9.90 Å². The van der Waals surface area contributed by atoms with Gasteiger partial charge in [-0.05, 0) is 30.3 Å². The van der Waals surface area contributed by atoms with Crippen molar-refractivity contribution in [2.45, 2.75) is 0 Å². The van der Waals surface area contributed by atoms with E-state index >= 15 is 0 Å². The Balaban J connectivity index is 2.01. The van der Waals surface area contributed by atoms with Gasteiger partial charge in [-0.2, -0.15) is 0 Å². The Kier molecular flexibility index (Phi) is 4.58. The van der Waals surface area contributed by atoms with Crippen molar-refractivity contribution in [3.8, 4) is 0 Å². The van der Waals surface area contributed by atoms with E-state index in [1.54, 1.807) is 12.1 Å². The molecule has 0 aliphatic heterocycles. The highest BCUT2D eigenvalue weighted by atomic mass is 35.5. The first-order valence-electron chi connectivity index (χ1n) is 5.24. The van der Waals surface area contributed by atoms with Gasteiger partial charge in [0.1, 0.15) is 10.2 Å². The normalized spacial score (nSPS) is 10.9. The van der Waals surface area contributed by atoms with Gasteiger partial charge in [-0.15, -0.1) is 11.3 Å². The Morgan fingerprint density at radius 3 is 2.53 bits per heavy atom. The lowest BCUT2D eigenvalue weighted by atomic mass is 10.2. The number of carbonyl (C=O) groups excluding carboxylic acids is 1. The first kappa shape index (κ1) is 14.1. The van der Waals surface area contributed by atoms with E-state index in [4.69, 9.17) is 23.2 Å². The number of benzene rings is 1. The van der Waals surface area contributed by atoms with Crippen LogP contribution in [-0.2, 0) is 0 Å². The fourth-order valence-electron chi connectivity index (χ4n) is 1.36. The van der Waals surface area contributed by atoms with E-state index in [0.29, 0.717) is 19.9 Å². The highest BCUT2D eigenvalue weighted by Gasteiger charge is 2.11. The maximum Gasteiger partial charge on any atom is 0.189 e. The Hall–Kier alpha value is -1.36. The molecule has 1 heterocycles. The number of rotatable bonds is 4. The molecule has 1 N–H and O–H groups in total. The summed E-state index contributed by atoms with van der Waals surface area (Å²) in [5, 5.41) is 2.86. The maximum atomic E-state index is 12.7. The highest BCUT2D eigenvalue weighted by molar-refractivity contribution is 7.20. The van der Waals surface area contributed by atoms with Crippen LogP contribution in [0.2, 0.25) is 8.67 Å². The van der Waals surface area contributed by atoms with Gasteiger partial charge in [0.25, 0.3) is 0 Å². The number of ketones is 1. The molecule has 0 bridgehead atoms. The summed E-state index contributed by atoms with van der Waals surface area (Å²) in [4.78, 5) is 11.8. The predicted octanol–water partition coefficient (Wildman–Crippen LogP) is 5.00. The van der Waals surface area contributed by atoms with Crippen molar-refractivity contribution in [2.24, 2.45) is 0 Å². The molecule has 0 fully saturated rings. The van der Waals surface area contributed by atoms with E-state index in [1.807, 2.05) is 0 Å². The summed E-state index contributed by atoms with van der Waals surface area (Å²) >= 11 is 12.8. The van der Waals surface area contributed by atoms with Crippen molar-refractivity contribution in [3.63, 3.8) is 0 Å². The molecular formula is C13H8Cl2FNOS. The van der Waals surface area contributed by atoms with Gasteiger partial charge in [0.15, 0.2) is 5.78 Å². The van der Waals surface area contributed by atoms with E-state index in [-0.39, 0.29) is 11.6 Å². The number of hydrogen-bond acceptors (Lipinski definition) is 3. The van der Waals surface area contributed by atoms with Crippen LogP contribution in [0.15, 0.2) is 42.6 Å². The van der Waals surface area contributed by atoms with Crippen molar-refractivity contribution in [2.75, 3.05) is 5.32 Å². The summed E-state index contributed by atoms with van der Waals surface area (Å²) in [6.07, 6.45) is 2.81. The average Bonchev–Trinajstić information content (AvgIpc) is 2.71. The van der Waals surface area contributed by atoms with Crippen molar-refractivity contribution in [1.82, 2.24) is 0 Å². The molecule has 0 saturated heterocycles. The van der Waals surface area contributed by atoms with Gasteiger partial charge >= 0.3 is 0 Å². The largest absolute Gasteiger partial charge is 0.362 e. The molecule has 0 saturated carbocycles. The number of carbonyl (C=O) groups is 1. The van der Waals surface area contributed by atoms with Crippen LogP contribution in [0.5, 0.6) is 0 Å². The molecule has 19 heavy (non-hydrogen) atoms. The van der Waals surface area contributed by atoms with E-state index in [1.165, 1.54) is 30.5 Å². The smallest absolute Gasteiger partial charge is 0.189 e. The van der Waals surface area contributed by atoms with Gasteiger partial charge < -0.3 is 5.32 Å². The molecule has 0 amide bonds. The second kappa shape index (κ2) is 6.19. The molecule has 98 valence electrons. The quantitative estimate of drug-likeness (QED) is 0.635. The second-order valence-electron chi connectivity index (χ2n) is 3.59.